The van der Waals surface area contributed by atoms with Gasteiger partial charge in [0.2, 0.25) is 0 Å². The highest BCUT2D eigenvalue weighted by Gasteiger charge is 1.94. The van der Waals surface area contributed by atoms with Crippen LogP contribution in [0.25, 0.3) is 0 Å². The molecule has 0 saturated heterocycles. The summed E-state index contributed by atoms with van der Waals surface area (Å²) < 4.78 is 0. The molecule has 0 unspecified atom stereocenters. The molecular formula is C6H9O. The third-order valence-corrected chi connectivity index (χ3v) is 0.761. The second-order valence-corrected chi connectivity index (χ2v) is 1.46. The van der Waals surface area contributed by atoms with E-state index in [1.807, 2.05) is 0 Å². The second kappa shape index (κ2) is 2.56. The van der Waals surface area contributed by atoms with Crippen LogP contribution >= 0.6 is 0 Å². The summed E-state index contributed by atoms with van der Waals surface area (Å²) in [6.45, 7) is 8.52. The van der Waals surface area contributed by atoms with E-state index in [1.165, 1.54) is 0 Å². The van der Waals surface area contributed by atoms with Gasteiger partial charge in [0.15, 0.2) is 5.78 Å². The quantitative estimate of drug-likeness (QED) is 0.475. The molecule has 0 aromatic rings. The van der Waals surface area contributed by atoms with Crippen molar-refractivity contribution < 1.29 is 4.79 Å². The summed E-state index contributed by atoms with van der Waals surface area (Å²) in [6.07, 6.45) is 0.516. The van der Waals surface area contributed by atoms with Crippen molar-refractivity contribution in [1.82, 2.24) is 0 Å². The van der Waals surface area contributed by atoms with Crippen LogP contribution in [0.3, 0.4) is 0 Å². The second-order valence-electron chi connectivity index (χ2n) is 1.46. The van der Waals surface area contributed by atoms with E-state index in [4.69, 9.17) is 6.58 Å². The molecular weight excluding hydrogens is 88.1 g/mol. The summed E-state index contributed by atoms with van der Waals surface area (Å²) in [5.41, 5.74) is 0.405. The number of hydrogen-bond donors (Lipinski definition) is 0. The monoisotopic (exact) mass is 97.1 g/mol. The van der Waals surface area contributed by atoms with Crippen molar-refractivity contribution in [2.75, 3.05) is 0 Å². The van der Waals surface area contributed by atoms with Crippen LogP contribution in [-0.4, -0.2) is 5.78 Å². The zero-order chi connectivity index (χ0) is 5.86. The fourth-order valence-corrected chi connectivity index (χ4v) is 0.279. The van der Waals surface area contributed by atoms with Crippen LogP contribution in [0.5, 0.6) is 0 Å². The van der Waals surface area contributed by atoms with Gasteiger partial charge in [-0.05, 0) is 12.5 Å². The van der Waals surface area contributed by atoms with E-state index in [2.05, 4.69) is 0 Å². The zero-order valence-electron chi connectivity index (χ0n) is 4.69. The SMILES string of the molecule is [CH]=C(C)C(=O)CC. The van der Waals surface area contributed by atoms with Gasteiger partial charge in [0, 0.05) is 6.42 Å². The van der Waals surface area contributed by atoms with Crippen molar-refractivity contribution in [3.63, 3.8) is 0 Å². The molecule has 7 heavy (non-hydrogen) atoms. The molecule has 0 aliphatic carbocycles. The molecule has 0 spiro atoms. The minimum Gasteiger partial charge on any atom is -0.295 e. The lowest BCUT2D eigenvalue weighted by Gasteiger charge is -1.87. The summed E-state index contributed by atoms with van der Waals surface area (Å²) in [4.78, 5) is 10.3. The molecule has 1 heteroatoms. The molecule has 39 valence electrons. The van der Waals surface area contributed by atoms with Gasteiger partial charge in [-0.15, -0.1) is 0 Å². The van der Waals surface area contributed by atoms with Crippen molar-refractivity contribution in [2.45, 2.75) is 20.3 Å². The Balaban J connectivity index is 3.58. The highest BCUT2D eigenvalue weighted by molar-refractivity contribution is 5.93. The van der Waals surface area contributed by atoms with Crippen molar-refractivity contribution in [3.05, 3.63) is 12.2 Å². The molecule has 0 saturated carbocycles. The highest BCUT2D eigenvalue weighted by atomic mass is 16.1. The first-order valence-corrected chi connectivity index (χ1v) is 2.30. The average molecular weight is 97.1 g/mol. The third-order valence-electron chi connectivity index (χ3n) is 0.761. The Kier molecular flexibility index (Phi) is 2.34. The standard InChI is InChI=1S/C6H9O/c1-4-6(7)5(2)3/h2H,4H2,1,3H3. The molecule has 0 N–H and O–H groups in total. The zero-order valence-corrected chi connectivity index (χ0v) is 4.69. The number of carbonyl (C=O) groups excluding carboxylic acids is 1. The number of carbonyl (C=O) groups is 1. The Morgan fingerprint density at radius 1 is 1.71 bits per heavy atom. The molecule has 0 aromatic heterocycles. The van der Waals surface area contributed by atoms with Crippen LogP contribution in [0.2, 0.25) is 0 Å². The Morgan fingerprint density at radius 3 is 2.14 bits per heavy atom. The number of rotatable bonds is 2. The molecule has 0 heterocycles. The lowest BCUT2D eigenvalue weighted by molar-refractivity contribution is -0.115. The Labute approximate surface area is 44.0 Å². The van der Waals surface area contributed by atoms with Crippen LogP contribution in [0, 0.1) is 6.58 Å². The van der Waals surface area contributed by atoms with Crippen LogP contribution < -0.4 is 0 Å². The van der Waals surface area contributed by atoms with Crippen LogP contribution in [0.1, 0.15) is 20.3 Å². The summed E-state index contributed by atoms with van der Waals surface area (Å²) in [6, 6.07) is 0. The van der Waals surface area contributed by atoms with E-state index in [-0.39, 0.29) is 5.78 Å². The number of ketones is 1. The Hall–Kier alpha value is -0.590. The van der Waals surface area contributed by atoms with Gasteiger partial charge >= 0.3 is 0 Å². The Morgan fingerprint density at radius 2 is 2.14 bits per heavy atom. The van der Waals surface area contributed by atoms with Crippen molar-refractivity contribution in [1.29, 1.82) is 0 Å². The summed E-state index contributed by atoms with van der Waals surface area (Å²) >= 11 is 0. The van der Waals surface area contributed by atoms with E-state index in [0.29, 0.717) is 12.0 Å². The summed E-state index contributed by atoms with van der Waals surface area (Å²) in [7, 11) is 0. The fraction of sp³-hybridized carbons (Fsp3) is 0.500. The minimum atomic E-state index is 0.0417. The summed E-state index contributed by atoms with van der Waals surface area (Å²) in [5.74, 6) is 0.0417. The van der Waals surface area contributed by atoms with E-state index < -0.39 is 0 Å². The van der Waals surface area contributed by atoms with Crippen LogP contribution in [-0.2, 0) is 4.79 Å². The molecule has 0 amide bonds. The van der Waals surface area contributed by atoms with Gasteiger partial charge in [0.25, 0.3) is 0 Å². The molecule has 0 aromatic carbocycles. The predicted octanol–water partition coefficient (Wildman–Crippen LogP) is 1.34. The topological polar surface area (TPSA) is 17.1 Å². The van der Waals surface area contributed by atoms with Crippen LogP contribution in [0.4, 0.5) is 0 Å². The lowest BCUT2D eigenvalue weighted by Crippen LogP contribution is -1.93. The normalized spacial score (nSPS) is 8.29. The van der Waals surface area contributed by atoms with E-state index in [9.17, 15) is 4.79 Å². The fourth-order valence-electron chi connectivity index (χ4n) is 0.279. The van der Waals surface area contributed by atoms with E-state index in [1.54, 1.807) is 13.8 Å². The number of Topliss-reactive ketones (excluding diaryl/α,β-unsaturated/α-hetero) is 1. The van der Waals surface area contributed by atoms with E-state index in [0.717, 1.165) is 0 Å². The van der Waals surface area contributed by atoms with Gasteiger partial charge in [-0.1, -0.05) is 13.5 Å². The first-order valence-electron chi connectivity index (χ1n) is 2.30. The van der Waals surface area contributed by atoms with E-state index >= 15 is 0 Å². The largest absolute Gasteiger partial charge is 0.295 e. The van der Waals surface area contributed by atoms with Crippen molar-refractivity contribution >= 4 is 5.78 Å². The van der Waals surface area contributed by atoms with Gasteiger partial charge in [-0.3, -0.25) is 4.79 Å². The van der Waals surface area contributed by atoms with Gasteiger partial charge in [-0.25, -0.2) is 0 Å². The molecule has 0 fully saturated rings. The van der Waals surface area contributed by atoms with Crippen molar-refractivity contribution in [3.8, 4) is 0 Å². The molecule has 0 aliphatic heterocycles. The first kappa shape index (κ1) is 6.41. The maximum absolute atomic E-state index is 10.3. The maximum atomic E-state index is 10.3. The predicted molar refractivity (Wildman–Crippen MR) is 28.8 cm³/mol. The number of allylic oxidation sites excluding steroid dienone is 1. The molecule has 1 nitrogen and oxygen atoms in total. The van der Waals surface area contributed by atoms with Gasteiger partial charge in [0.05, 0.1) is 0 Å². The first-order chi connectivity index (χ1) is 3.18. The number of hydrogen-bond acceptors (Lipinski definition) is 1. The smallest absolute Gasteiger partial charge is 0.158 e. The van der Waals surface area contributed by atoms with Crippen molar-refractivity contribution in [2.24, 2.45) is 0 Å². The van der Waals surface area contributed by atoms with Crippen LogP contribution in [0.15, 0.2) is 5.57 Å². The molecule has 0 aliphatic rings. The summed E-state index contributed by atoms with van der Waals surface area (Å²) in [5, 5.41) is 0. The molecule has 0 bridgehead atoms. The minimum absolute atomic E-state index is 0.0417. The molecule has 0 atom stereocenters. The molecule has 0 rings (SSSR count). The van der Waals surface area contributed by atoms with Gasteiger partial charge < -0.3 is 0 Å². The van der Waals surface area contributed by atoms with Gasteiger partial charge in [-0.2, -0.15) is 0 Å². The Bertz CT molecular complexity index is 92.4. The lowest BCUT2D eigenvalue weighted by atomic mass is 10.2. The van der Waals surface area contributed by atoms with Gasteiger partial charge in [0.1, 0.15) is 0 Å². The molecule has 1 radical (unpaired) electrons. The highest BCUT2D eigenvalue weighted by Crippen LogP contribution is 1.91. The average Bonchev–Trinajstić information content (AvgIpc) is 1.65. The third kappa shape index (κ3) is 2.15. The maximum Gasteiger partial charge on any atom is 0.158 e.